The van der Waals surface area contributed by atoms with E-state index in [1.54, 1.807) is 12.1 Å². The summed E-state index contributed by atoms with van der Waals surface area (Å²) in [4.78, 5) is 10.2. The summed E-state index contributed by atoms with van der Waals surface area (Å²) in [5, 5.41) is 17.4. The van der Waals surface area contributed by atoms with Gasteiger partial charge in [0.05, 0.1) is 4.92 Å². The van der Waals surface area contributed by atoms with Gasteiger partial charge in [-0.15, -0.1) is 0 Å². The molecule has 1 saturated heterocycles. The lowest BCUT2D eigenvalue weighted by Gasteiger charge is -2.30. The first-order chi connectivity index (χ1) is 8.66. The fourth-order valence-electron chi connectivity index (χ4n) is 2.30. The Labute approximate surface area is 107 Å². The Morgan fingerprint density at radius 2 is 2.17 bits per heavy atom. The first-order valence-corrected chi connectivity index (χ1v) is 6.34. The van der Waals surface area contributed by atoms with E-state index in [1.807, 2.05) is 12.1 Å². The van der Waals surface area contributed by atoms with Crippen LogP contribution in [0.3, 0.4) is 0 Å². The molecule has 2 rings (SSSR count). The van der Waals surface area contributed by atoms with Gasteiger partial charge in [-0.05, 0) is 31.0 Å². The molecule has 2 unspecified atom stereocenters. The molecule has 98 valence electrons. The van der Waals surface area contributed by atoms with Gasteiger partial charge in [-0.2, -0.15) is 0 Å². The maximum absolute atomic E-state index is 10.5. The molecule has 18 heavy (non-hydrogen) atoms. The van der Waals surface area contributed by atoms with E-state index in [4.69, 9.17) is 0 Å². The average molecular weight is 249 g/mol. The number of nitro groups is 1. The van der Waals surface area contributed by atoms with Crippen molar-refractivity contribution in [3.8, 4) is 0 Å². The summed E-state index contributed by atoms with van der Waals surface area (Å²) in [5.74, 6) is 0.622. The van der Waals surface area contributed by atoms with E-state index in [9.17, 15) is 10.1 Å². The third-order valence-corrected chi connectivity index (χ3v) is 3.50. The molecule has 0 radical (unpaired) electrons. The molecule has 1 aromatic rings. The van der Waals surface area contributed by atoms with Gasteiger partial charge in [-0.1, -0.05) is 19.1 Å². The summed E-state index contributed by atoms with van der Waals surface area (Å²) < 4.78 is 0. The molecular formula is C13H19N3O2. The van der Waals surface area contributed by atoms with Crippen molar-refractivity contribution in [2.24, 2.45) is 5.92 Å². The van der Waals surface area contributed by atoms with Gasteiger partial charge in [-0.3, -0.25) is 10.1 Å². The number of benzene rings is 1. The number of hydrogen-bond acceptors (Lipinski definition) is 4. The fourth-order valence-corrected chi connectivity index (χ4v) is 2.30. The van der Waals surface area contributed by atoms with Crippen molar-refractivity contribution in [1.29, 1.82) is 0 Å². The van der Waals surface area contributed by atoms with Crippen LogP contribution in [0.25, 0.3) is 0 Å². The molecule has 0 aliphatic carbocycles. The third-order valence-electron chi connectivity index (χ3n) is 3.50. The second kappa shape index (κ2) is 5.93. The number of non-ortho nitro benzene ring substituents is 1. The minimum Gasteiger partial charge on any atom is -0.316 e. The SMILES string of the molecule is CC1CNCCC1NCc1ccc([N+](=O)[O-])cc1. The second-order valence-corrected chi connectivity index (χ2v) is 4.88. The quantitative estimate of drug-likeness (QED) is 0.629. The Kier molecular flexibility index (Phi) is 4.28. The van der Waals surface area contributed by atoms with Crippen molar-refractivity contribution in [2.75, 3.05) is 13.1 Å². The van der Waals surface area contributed by atoms with Crippen molar-refractivity contribution in [2.45, 2.75) is 25.9 Å². The zero-order valence-corrected chi connectivity index (χ0v) is 10.6. The summed E-state index contributed by atoms with van der Waals surface area (Å²) >= 11 is 0. The molecule has 0 aromatic heterocycles. The highest BCUT2D eigenvalue weighted by molar-refractivity contribution is 5.32. The predicted octanol–water partition coefficient (Wildman–Crippen LogP) is 1.68. The number of rotatable bonds is 4. The Morgan fingerprint density at radius 1 is 1.44 bits per heavy atom. The largest absolute Gasteiger partial charge is 0.316 e. The van der Waals surface area contributed by atoms with E-state index in [2.05, 4.69) is 17.6 Å². The molecule has 5 nitrogen and oxygen atoms in total. The van der Waals surface area contributed by atoms with Crippen LogP contribution in [0, 0.1) is 16.0 Å². The van der Waals surface area contributed by atoms with Crippen LogP contribution in [-0.2, 0) is 6.54 Å². The number of nitrogens with one attached hydrogen (secondary N) is 2. The molecule has 1 aliphatic heterocycles. The lowest BCUT2D eigenvalue weighted by Crippen LogP contribution is -2.45. The molecule has 0 saturated carbocycles. The lowest BCUT2D eigenvalue weighted by atomic mass is 9.95. The molecular weight excluding hydrogens is 230 g/mol. The highest BCUT2D eigenvalue weighted by Crippen LogP contribution is 2.14. The van der Waals surface area contributed by atoms with Gasteiger partial charge in [0.25, 0.3) is 5.69 Å². The zero-order chi connectivity index (χ0) is 13.0. The van der Waals surface area contributed by atoms with Gasteiger partial charge >= 0.3 is 0 Å². The third kappa shape index (κ3) is 3.27. The van der Waals surface area contributed by atoms with Crippen molar-refractivity contribution in [1.82, 2.24) is 10.6 Å². The van der Waals surface area contributed by atoms with Crippen molar-refractivity contribution in [3.05, 3.63) is 39.9 Å². The molecule has 1 aromatic carbocycles. The molecule has 0 bridgehead atoms. The lowest BCUT2D eigenvalue weighted by molar-refractivity contribution is -0.384. The van der Waals surface area contributed by atoms with Crippen molar-refractivity contribution < 1.29 is 4.92 Å². The van der Waals surface area contributed by atoms with E-state index in [0.29, 0.717) is 12.0 Å². The number of nitro benzene ring substituents is 1. The van der Waals surface area contributed by atoms with E-state index in [1.165, 1.54) is 0 Å². The average Bonchev–Trinajstić information content (AvgIpc) is 2.38. The minimum atomic E-state index is -0.369. The summed E-state index contributed by atoms with van der Waals surface area (Å²) in [6, 6.07) is 7.28. The van der Waals surface area contributed by atoms with Gasteiger partial charge in [0.15, 0.2) is 0 Å². The topological polar surface area (TPSA) is 67.2 Å². The summed E-state index contributed by atoms with van der Waals surface area (Å²) in [5.41, 5.74) is 1.24. The van der Waals surface area contributed by atoms with Gasteiger partial charge in [0, 0.05) is 24.7 Å². The van der Waals surface area contributed by atoms with Crippen LogP contribution in [-0.4, -0.2) is 24.1 Å². The molecule has 5 heteroatoms. The van der Waals surface area contributed by atoms with Crippen LogP contribution < -0.4 is 10.6 Å². The summed E-state index contributed by atoms with van der Waals surface area (Å²) in [7, 11) is 0. The van der Waals surface area contributed by atoms with E-state index < -0.39 is 0 Å². The van der Waals surface area contributed by atoms with Crippen LogP contribution in [0.1, 0.15) is 18.9 Å². The molecule has 0 spiro atoms. The van der Waals surface area contributed by atoms with Crippen molar-refractivity contribution in [3.63, 3.8) is 0 Å². The minimum absolute atomic E-state index is 0.147. The van der Waals surface area contributed by atoms with Crippen LogP contribution in [0.4, 0.5) is 5.69 Å². The molecule has 0 amide bonds. The Hall–Kier alpha value is -1.46. The number of piperidine rings is 1. The molecule has 1 fully saturated rings. The van der Waals surface area contributed by atoms with Gasteiger partial charge in [-0.25, -0.2) is 0 Å². The molecule has 2 atom stereocenters. The van der Waals surface area contributed by atoms with Crippen molar-refractivity contribution >= 4 is 5.69 Å². The van der Waals surface area contributed by atoms with Crippen LogP contribution in [0.15, 0.2) is 24.3 Å². The monoisotopic (exact) mass is 249 g/mol. The number of hydrogen-bond donors (Lipinski definition) is 2. The highest BCUT2D eigenvalue weighted by Gasteiger charge is 2.20. The smallest absolute Gasteiger partial charge is 0.269 e. The normalized spacial score (nSPS) is 23.8. The highest BCUT2D eigenvalue weighted by atomic mass is 16.6. The molecule has 1 aliphatic rings. The first kappa shape index (κ1) is 13.0. The fraction of sp³-hybridized carbons (Fsp3) is 0.538. The predicted molar refractivity (Wildman–Crippen MR) is 70.4 cm³/mol. The Bertz CT molecular complexity index is 405. The van der Waals surface area contributed by atoms with Gasteiger partial charge < -0.3 is 10.6 Å². The van der Waals surface area contributed by atoms with Crippen LogP contribution in [0.5, 0.6) is 0 Å². The van der Waals surface area contributed by atoms with Gasteiger partial charge in [0.1, 0.15) is 0 Å². The van der Waals surface area contributed by atoms with E-state index in [-0.39, 0.29) is 10.6 Å². The van der Waals surface area contributed by atoms with Gasteiger partial charge in [0.2, 0.25) is 0 Å². The Morgan fingerprint density at radius 3 is 2.78 bits per heavy atom. The second-order valence-electron chi connectivity index (χ2n) is 4.88. The molecule has 2 N–H and O–H groups in total. The summed E-state index contributed by atoms with van der Waals surface area (Å²) in [6.45, 7) is 5.12. The zero-order valence-electron chi connectivity index (χ0n) is 10.6. The molecule has 1 heterocycles. The maximum Gasteiger partial charge on any atom is 0.269 e. The number of nitrogens with zero attached hydrogens (tertiary/aromatic N) is 1. The van der Waals surface area contributed by atoms with Crippen LogP contribution >= 0.6 is 0 Å². The van der Waals surface area contributed by atoms with E-state index >= 15 is 0 Å². The maximum atomic E-state index is 10.5. The van der Waals surface area contributed by atoms with Crippen LogP contribution in [0.2, 0.25) is 0 Å². The first-order valence-electron chi connectivity index (χ1n) is 6.34. The van der Waals surface area contributed by atoms with E-state index in [0.717, 1.165) is 31.6 Å². The summed E-state index contributed by atoms with van der Waals surface area (Å²) in [6.07, 6.45) is 1.13. The standard InChI is InChI=1S/C13H19N3O2/c1-10-8-14-7-6-13(10)15-9-11-2-4-12(5-3-11)16(17)18/h2-5,10,13-15H,6-9H2,1H3. The Balaban J connectivity index is 1.87.